The molecule has 19 heavy (non-hydrogen) atoms. The van der Waals surface area contributed by atoms with Crippen molar-refractivity contribution < 1.29 is 0 Å². The van der Waals surface area contributed by atoms with Gasteiger partial charge in [0.1, 0.15) is 10.0 Å². The normalized spacial score (nSPS) is 12.7. The van der Waals surface area contributed by atoms with Gasteiger partial charge in [0.2, 0.25) is 0 Å². The van der Waals surface area contributed by atoms with E-state index in [0.29, 0.717) is 0 Å². The van der Waals surface area contributed by atoms with Gasteiger partial charge >= 0.3 is 0 Å². The van der Waals surface area contributed by atoms with Crippen LogP contribution in [0.2, 0.25) is 0 Å². The van der Waals surface area contributed by atoms with E-state index in [9.17, 15) is 0 Å². The molecule has 1 atom stereocenters. The zero-order chi connectivity index (χ0) is 13.2. The van der Waals surface area contributed by atoms with Gasteiger partial charge < -0.3 is 0 Å². The maximum atomic E-state index is 4.31. The van der Waals surface area contributed by atoms with Gasteiger partial charge in [-0.15, -0.1) is 10.2 Å². The van der Waals surface area contributed by atoms with Gasteiger partial charge in [-0.05, 0) is 24.6 Å². The van der Waals surface area contributed by atoms with E-state index >= 15 is 0 Å². The summed E-state index contributed by atoms with van der Waals surface area (Å²) in [6.07, 6.45) is 4.39. The zero-order valence-electron chi connectivity index (χ0n) is 10.2. The Kier molecular flexibility index (Phi) is 3.52. The van der Waals surface area contributed by atoms with Gasteiger partial charge in [0.05, 0.1) is 15.9 Å². The van der Waals surface area contributed by atoms with Crippen molar-refractivity contribution >= 4 is 38.3 Å². The molecule has 0 amide bonds. The minimum Gasteiger partial charge on any atom is -0.253 e. The van der Waals surface area contributed by atoms with Gasteiger partial charge in [-0.25, -0.2) is 0 Å². The van der Waals surface area contributed by atoms with E-state index in [0.717, 1.165) is 33.0 Å². The minimum absolute atomic E-state index is 0.277. The van der Waals surface area contributed by atoms with Crippen LogP contribution < -0.4 is 0 Å². The second-order valence-electron chi connectivity index (χ2n) is 4.08. The second kappa shape index (κ2) is 5.30. The predicted molar refractivity (Wildman–Crippen MR) is 80.4 cm³/mol. The number of aromatic nitrogens is 4. The molecule has 96 valence electrons. The topological polar surface area (TPSA) is 51.6 Å². The first kappa shape index (κ1) is 12.6. The Hall–Kier alpha value is -1.40. The van der Waals surface area contributed by atoms with Gasteiger partial charge in [0, 0.05) is 18.0 Å². The molecule has 0 saturated heterocycles. The number of alkyl halides is 1. The summed E-state index contributed by atoms with van der Waals surface area (Å²) in [7, 11) is 0. The molecular weight excluding hydrogens is 324 g/mol. The average Bonchev–Trinajstić information content (AvgIpc) is 2.95. The highest BCUT2D eigenvalue weighted by atomic mass is 79.9. The Morgan fingerprint density at radius 1 is 1.16 bits per heavy atom. The van der Waals surface area contributed by atoms with E-state index in [2.05, 4.69) is 43.0 Å². The summed E-state index contributed by atoms with van der Waals surface area (Å²) in [4.78, 5) is 8.85. The summed E-state index contributed by atoms with van der Waals surface area (Å²) in [5.41, 5.74) is 2.80. The van der Waals surface area contributed by atoms with Gasteiger partial charge in [-0.1, -0.05) is 34.2 Å². The number of hydrogen-bond donors (Lipinski definition) is 0. The van der Waals surface area contributed by atoms with Crippen LogP contribution in [-0.4, -0.2) is 20.2 Å². The molecule has 3 rings (SSSR count). The SMILES string of the molecule is CCC(Br)c1nnc(-c2ccc3nccnc3c2)s1. The Bertz CT molecular complexity index is 712. The lowest BCUT2D eigenvalue weighted by Gasteiger charge is -1.99. The van der Waals surface area contributed by atoms with E-state index in [-0.39, 0.29) is 4.83 Å². The molecule has 3 aromatic rings. The second-order valence-corrected chi connectivity index (χ2v) is 6.20. The third-order valence-corrected chi connectivity index (χ3v) is 5.25. The zero-order valence-corrected chi connectivity index (χ0v) is 12.6. The fourth-order valence-electron chi connectivity index (χ4n) is 1.75. The number of hydrogen-bond acceptors (Lipinski definition) is 5. The highest BCUT2D eigenvalue weighted by Crippen LogP contribution is 2.33. The summed E-state index contributed by atoms with van der Waals surface area (Å²) >= 11 is 5.21. The maximum absolute atomic E-state index is 4.31. The molecule has 2 heterocycles. The molecule has 4 nitrogen and oxygen atoms in total. The monoisotopic (exact) mass is 334 g/mol. The molecule has 0 bridgehead atoms. The highest BCUT2D eigenvalue weighted by Gasteiger charge is 2.13. The molecule has 0 fully saturated rings. The highest BCUT2D eigenvalue weighted by molar-refractivity contribution is 9.09. The first-order valence-corrected chi connectivity index (χ1v) is 7.69. The van der Waals surface area contributed by atoms with Crippen LogP contribution >= 0.6 is 27.3 Å². The standard InChI is InChI=1S/C13H11BrN4S/c1-2-9(14)13-18-17-12(19-13)8-3-4-10-11(7-8)16-6-5-15-10/h3-7,9H,2H2,1H3. The molecule has 0 aliphatic carbocycles. The molecule has 6 heteroatoms. The van der Waals surface area contributed by atoms with Crippen LogP contribution in [0.15, 0.2) is 30.6 Å². The number of fused-ring (bicyclic) bond motifs is 1. The van der Waals surface area contributed by atoms with Gasteiger partial charge in [0.25, 0.3) is 0 Å². The van der Waals surface area contributed by atoms with Crippen LogP contribution in [0.25, 0.3) is 21.6 Å². The van der Waals surface area contributed by atoms with Crippen LogP contribution in [0.5, 0.6) is 0 Å². The Morgan fingerprint density at radius 2 is 1.95 bits per heavy atom. The molecule has 0 aliphatic rings. The van der Waals surface area contributed by atoms with E-state index in [1.54, 1.807) is 23.7 Å². The number of rotatable bonds is 3. The number of nitrogens with zero attached hydrogens (tertiary/aromatic N) is 4. The van der Waals surface area contributed by atoms with Crippen LogP contribution in [-0.2, 0) is 0 Å². The fourth-order valence-corrected chi connectivity index (χ4v) is 3.02. The third kappa shape index (κ3) is 2.50. The molecular formula is C13H11BrN4S. The molecule has 0 saturated carbocycles. The first-order valence-electron chi connectivity index (χ1n) is 5.96. The first-order chi connectivity index (χ1) is 9.28. The van der Waals surface area contributed by atoms with Crippen LogP contribution in [0.3, 0.4) is 0 Å². The molecule has 0 spiro atoms. The lowest BCUT2D eigenvalue weighted by atomic mass is 10.2. The average molecular weight is 335 g/mol. The number of benzene rings is 1. The van der Waals surface area contributed by atoms with Crippen molar-refractivity contribution in [1.82, 2.24) is 20.2 Å². The third-order valence-electron chi connectivity index (χ3n) is 2.78. The largest absolute Gasteiger partial charge is 0.253 e. The van der Waals surface area contributed by atoms with Crippen molar-refractivity contribution in [2.24, 2.45) is 0 Å². The maximum Gasteiger partial charge on any atom is 0.147 e. The van der Waals surface area contributed by atoms with Crippen molar-refractivity contribution in [2.75, 3.05) is 0 Å². The molecule has 2 aromatic heterocycles. The summed E-state index contributed by atoms with van der Waals surface area (Å²) in [5, 5.41) is 10.4. The summed E-state index contributed by atoms with van der Waals surface area (Å²) in [6, 6.07) is 5.97. The Balaban J connectivity index is 2.01. The Labute approximate surface area is 123 Å². The van der Waals surface area contributed by atoms with Crippen molar-refractivity contribution in [3.63, 3.8) is 0 Å². The van der Waals surface area contributed by atoms with Gasteiger partial charge in [-0.2, -0.15) is 0 Å². The molecule has 1 unspecified atom stereocenters. The Morgan fingerprint density at radius 3 is 2.74 bits per heavy atom. The van der Waals surface area contributed by atoms with E-state index in [1.165, 1.54) is 0 Å². The van der Waals surface area contributed by atoms with Crippen molar-refractivity contribution in [2.45, 2.75) is 18.2 Å². The summed E-state index contributed by atoms with van der Waals surface area (Å²) in [6.45, 7) is 2.12. The van der Waals surface area contributed by atoms with Crippen molar-refractivity contribution in [1.29, 1.82) is 0 Å². The van der Waals surface area contributed by atoms with Crippen LogP contribution in [0.1, 0.15) is 23.2 Å². The van der Waals surface area contributed by atoms with E-state index in [4.69, 9.17) is 0 Å². The minimum atomic E-state index is 0.277. The summed E-state index contributed by atoms with van der Waals surface area (Å²) < 4.78 is 0. The lowest BCUT2D eigenvalue weighted by Crippen LogP contribution is -1.85. The van der Waals surface area contributed by atoms with Crippen molar-refractivity contribution in [3.8, 4) is 10.6 Å². The molecule has 0 radical (unpaired) electrons. The quantitative estimate of drug-likeness (QED) is 0.679. The van der Waals surface area contributed by atoms with Crippen molar-refractivity contribution in [3.05, 3.63) is 35.6 Å². The number of halogens is 1. The van der Waals surface area contributed by atoms with Gasteiger partial charge in [-0.3, -0.25) is 9.97 Å². The fraction of sp³-hybridized carbons (Fsp3) is 0.231. The lowest BCUT2D eigenvalue weighted by molar-refractivity contribution is 0.870. The predicted octanol–water partition coefficient (Wildman–Crippen LogP) is 3.99. The summed E-state index contributed by atoms with van der Waals surface area (Å²) in [5.74, 6) is 0. The van der Waals surface area contributed by atoms with Crippen LogP contribution in [0.4, 0.5) is 0 Å². The molecule has 0 aliphatic heterocycles. The molecule has 1 aromatic carbocycles. The van der Waals surface area contributed by atoms with E-state index < -0.39 is 0 Å². The van der Waals surface area contributed by atoms with Gasteiger partial charge in [0.15, 0.2) is 0 Å². The van der Waals surface area contributed by atoms with Crippen LogP contribution in [0, 0.1) is 0 Å². The molecule has 0 N–H and O–H groups in total. The van der Waals surface area contributed by atoms with E-state index in [1.807, 2.05) is 18.2 Å². The smallest absolute Gasteiger partial charge is 0.147 e.